The van der Waals surface area contributed by atoms with E-state index in [4.69, 9.17) is 9.47 Å². The molecule has 0 rings (SSSR count). The van der Waals surface area contributed by atoms with Crippen molar-refractivity contribution < 1.29 is 24.2 Å². The molecule has 0 radical (unpaired) electrons. The number of hydrogen-bond donors (Lipinski definition) is 3. The number of aliphatic hydroxyl groups is 1. The molecule has 0 spiro atoms. The third-order valence-corrected chi connectivity index (χ3v) is 2.66. The summed E-state index contributed by atoms with van der Waals surface area (Å²) in [6.45, 7) is 13.6. The molecule has 2 amide bonds. The Morgan fingerprint density at radius 1 is 1.00 bits per heavy atom. The van der Waals surface area contributed by atoms with Gasteiger partial charge >= 0.3 is 12.2 Å². The molecule has 0 fully saturated rings. The van der Waals surface area contributed by atoms with Crippen molar-refractivity contribution in [3.05, 3.63) is 25.3 Å². The third kappa shape index (κ3) is 9.02. The summed E-state index contributed by atoms with van der Waals surface area (Å²) >= 11 is 0. The minimum atomic E-state index is -0.973. The monoisotopic (exact) mass is 314 g/mol. The molecule has 0 heterocycles. The second kappa shape index (κ2) is 8.43. The van der Waals surface area contributed by atoms with Gasteiger partial charge in [0.2, 0.25) is 0 Å². The van der Waals surface area contributed by atoms with Gasteiger partial charge in [0, 0.05) is 13.1 Å². The minimum Gasteiger partial charge on any atom is -0.439 e. The highest BCUT2D eigenvalue weighted by atomic mass is 16.6. The van der Waals surface area contributed by atoms with E-state index in [1.165, 1.54) is 12.2 Å². The summed E-state index contributed by atoms with van der Waals surface area (Å²) in [5, 5.41) is 14.5. The van der Waals surface area contributed by atoms with Gasteiger partial charge in [-0.3, -0.25) is 0 Å². The number of hydrogen-bond acceptors (Lipinski definition) is 5. The Bertz CT molecular complexity index is 380. The molecular weight excluding hydrogens is 288 g/mol. The molecule has 0 unspecified atom stereocenters. The fraction of sp³-hybridized carbons (Fsp3) is 0.600. The Labute approximate surface area is 131 Å². The molecule has 0 aliphatic rings. The van der Waals surface area contributed by atoms with Gasteiger partial charge in [0.1, 0.15) is 11.2 Å². The second-order valence-corrected chi connectivity index (χ2v) is 5.81. The van der Waals surface area contributed by atoms with E-state index in [-0.39, 0.29) is 13.1 Å². The number of amides is 2. The summed E-state index contributed by atoms with van der Waals surface area (Å²) in [6.07, 6.45) is 0.640. The Kier molecular flexibility index (Phi) is 7.66. The topological polar surface area (TPSA) is 96.9 Å². The molecule has 0 aromatic carbocycles. The highest BCUT2D eigenvalue weighted by molar-refractivity contribution is 5.68. The predicted molar refractivity (Wildman–Crippen MR) is 83.5 cm³/mol. The van der Waals surface area contributed by atoms with E-state index in [9.17, 15) is 14.7 Å². The lowest BCUT2D eigenvalue weighted by Crippen LogP contribution is -2.43. The Balaban J connectivity index is 4.03. The first-order valence-electron chi connectivity index (χ1n) is 6.90. The fourth-order valence-corrected chi connectivity index (χ4v) is 1.11. The average molecular weight is 314 g/mol. The van der Waals surface area contributed by atoms with Crippen LogP contribution in [0.2, 0.25) is 0 Å². The van der Waals surface area contributed by atoms with Crippen molar-refractivity contribution in [1.29, 1.82) is 0 Å². The smallest absolute Gasteiger partial charge is 0.408 e. The molecule has 126 valence electrons. The van der Waals surface area contributed by atoms with Gasteiger partial charge in [-0.15, -0.1) is 0 Å². The number of nitrogens with one attached hydrogen (secondary N) is 2. The largest absolute Gasteiger partial charge is 0.439 e. The maximum absolute atomic E-state index is 11.5. The number of alkyl carbamates (subject to hydrolysis) is 2. The van der Waals surface area contributed by atoms with Crippen LogP contribution in [0.25, 0.3) is 0 Å². The van der Waals surface area contributed by atoms with E-state index >= 15 is 0 Å². The van der Waals surface area contributed by atoms with Crippen LogP contribution in [0.15, 0.2) is 25.3 Å². The second-order valence-electron chi connectivity index (χ2n) is 5.81. The SMILES string of the molecule is C=CC(C)(C)OC(=O)NCC(O)CNC(=O)OC(C)(C)C=C. The van der Waals surface area contributed by atoms with Gasteiger partial charge in [-0.05, 0) is 39.8 Å². The number of ether oxygens (including phenoxy) is 2. The first-order chi connectivity index (χ1) is 10.0. The molecular formula is C15H26N2O5. The first-order valence-corrected chi connectivity index (χ1v) is 6.90. The van der Waals surface area contributed by atoms with E-state index in [1.807, 2.05) is 0 Å². The number of rotatable bonds is 8. The quantitative estimate of drug-likeness (QED) is 0.593. The summed E-state index contributed by atoms with van der Waals surface area (Å²) in [5.41, 5.74) is -1.60. The van der Waals surface area contributed by atoms with E-state index in [0.717, 1.165) is 0 Å². The maximum atomic E-state index is 11.5. The van der Waals surface area contributed by atoms with Gasteiger partial charge in [0.25, 0.3) is 0 Å². The van der Waals surface area contributed by atoms with Crippen LogP contribution in [0.4, 0.5) is 9.59 Å². The number of carbonyl (C=O) groups excluding carboxylic acids is 2. The molecule has 0 aliphatic heterocycles. The predicted octanol–water partition coefficient (Wildman–Crippen LogP) is 1.73. The lowest BCUT2D eigenvalue weighted by atomic mass is 10.1. The van der Waals surface area contributed by atoms with Gasteiger partial charge in [-0.1, -0.05) is 13.2 Å². The maximum Gasteiger partial charge on any atom is 0.408 e. The van der Waals surface area contributed by atoms with E-state index in [1.54, 1.807) is 27.7 Å². The fourth-order valence-electron chi connectivity index (χ4n) is 1.11. The molecule has 22 heavy (non-hydrogen) atoms. The molecule has 3 N–H and O–H groups in total. The minimum absolute atomic E-state index is 0.0722. The summed E-state index contributed by atoms with van der Waals surface area (Å²) in [7, 11) is 0. The zero-order chi connectivity index (χ0) is 17.4. The van der Waals surface area contributed by atoms with Gasteiger partial charge < -0.3 is 25.2 Å². The summed E-state index contributed by atoms with van der Waals surface area (Å²) < 4.78 is 10.1. The lowest BCUT2D eigenvalue weighted by molar-refractivity contribution is 0.0634. The standard InChI is InChI=1S/C15H26N2O5/c1-7-14(3,4)21-12(19)16-9-11(18)10-17-13(20)22-15(5,6)8-2/h7-8,11,18H,1-2,9-10H2,3-6H3,(H,16,19)(H,17,20). The van der Waals surface area contributed by atoms with Crippen molar-refractivity contribution in [3.8, 4) is 0 Å². The molecule has 0 aromatic heterocycles. The van der Waals surface area contributed by atoms with Gasteiger partial charge in [0.15, 0.2) is 0 Å². The summed E-state index contributed by atoms with van der Waals surface area (Å²) in [6, 6.07) is 0. The molecule has 0 atom stereocenters. The lowest BCUT2D eigenvalue weighted by Gasteiger charge is -2.22. The van der Waals surface area contributed by atoms with Crippen LogP contribution in [0.5, 0.6) is 0 Å². The third-order valence-electron chi connectivity index (χ3n) is 2.66. The highest BCUT2D eigenvalue weighted by Crippen LogP contribution is 2.10. The zero-order valence-corrected chi connectivity index (χ0v) is 13.6. The molecule has 0 aromatic rings. The van der Waals surface area contributed by atoms with Crippen LogP contribution in [0, 0.1) is 0 Å². The van der Waals surface area contributed by atoms with Crippen molar-refractivity contribution >= 4 is 12.2 Å². The van der Waals surface area contributed by atoms with E-state index in [2.05, 4.69) is 23.8 Å². The van der Waals surface area contributed by atoms with Crippen molar-refractivity contribution in [3.63, 3.8) is 0 Å². The van der Waals surface area contributed by atoms with E-state index < -0.39 is 29.5 Å². The molecule has 7 heteroatoms. The summed E-state index contributed by atoms with van der Waals surface area (Å²) in [5.74, 6) is 0. The van der Waals surface area contributed by atoms with Crippen LogP contribution >= 0.6 is 0 Å². The van der Waals surface area contributed by atoms with Crippen LogP contribution in [0.1, 0.15) is 27.7 Å². The number of carbonyl (C=O) groups is 2. The first kappa shape index (κ1) is 20.0. The van der Waals surface area contributed by atoms with Crippen molar-refractivity contribution in [2.75, 3.05) is 13.1 Å². The van der Waals surface area contributed by atoms with Crippen molar-refractivity contribution in [2.45, 2.75) is 45.0 Å². The van der Waals surface area contributed by atoms with Crippen LogP contribution in [0.3, 0.4) is 0 Å². The van der Waals surface area contributed by atoms with Gasteiger partial charge in [0.05, 0.1) is 6.10 Å². The molecule has 0 saturated carbocycles. The molecule has 7 nitrogen and oxygen atoms in total. The normalized spacial score (nSPS) is 11.5. The Hall–Kier alpha value is -2.02. The molecule has 0 saturated heterocycles. The summed E-state index contributed by atoms with van der Waals surface area (Å²) in [4.78, 5) is 22.9. The zero-order valence-electron chi connectivity index (χ0n) is 13.6. The molecule has 0 bridgehead atoms. The van der Waals surface area contributed by atoms with Crippen molar-refractivity contribution in [1.82, 2.24) is 10.6 Å². The Morgan fingerprint density at radius 2 is 1.32 bits per heavy atom. The number of aliphatic hydroxyl groups excluding tert-OH is 1. The highest BCUT2D eigenvalue weighted by Gasteiger charge is 2.20. The average Bonchev–Trinajstić information content (AvgIpc) is 2.42. The molecule has 0 aliphatic carbocycles. The van der Waals surface area contributed by atoms with Crippen LogP contribution in [-0.2, 0) is 9.47 Å². The van der Waals surface area contributed by atoms with Crippen LogP contribution in [-0.4, -0.2) is 47.7 Å². The Morgan fingerprint density at radius 3 is 1.59 bits per heavy atom. The van der Waals surface area contributed by atoms with Gasteiger partial charge in [-0.2, -0.15) is 0 Å². The van der Waals surface area contributed by atoms with Crippen molar-refractivity contribution in [2.24, 2.45) is 0 Å². The van der Waals surface area contributed by atoms with E-state index in [0.29, 0.717) is 0 Å². The van der Waals surface area contributed by atoms with Crippen LogP contribution < -0.4 is 10.6 Å². The van der Waals surface area contributed by atoms with Gasteiger partial charge in [-0.25, -0.2) is 9.59 Å².